The van der Waals surface area contributed by atoms with Crippen LogP contribution >= 0.6 is 23.2 Å². The Balaban J connectivity index is 2.07. The zero-order chi connectivity index (χ0) is 17.6. The molecule has 25 heavy (non-hydrogen) atoms. The van der Waals surface area contributed by atoms with Crippen molar-refractivity contribution in [2.45, 2.75) is 0 Å². The van der Waals surface area contributed by atoms with Gasteiger partial charge in [0.15, 0.2) is 0 Å². The smallest absolute Gasteiger partial charge is 0.267 e. The van der Waals surface area contributed by atoms with Gasteiger partial charge < -0.3 is 0 Å². The molecule has 2 heterocycles. The van der Waals surface area contributed by atoms with E-state index in [0.29, 0.717) is 16.2 Å². The summed E-state index contributed by atoms with van der Waals surface area (Å²) in [6, 6.07) is 8.62. The molecule has 0 saturated heterocycles. The average molecular weight is 378 g/mol. The van der Waals surface area contributed by atoms with Gasteiger partial charge >= 0.3 is 0 Å². The van der Waals surface area contributed by atoms with Crippen LogP contribution in [0.4, 0.5) is 10.3 Å². The van der Waals surface area contributed by atoms with Gasteiger partial charge in [-0.15, -0.1) is 0 Å². The quantitative estimate of drug-likeness (QED) is 0.744. The van der Waals surface area contributed by atoms with Crippen LogP contribution in [-0.2, 0) is 0 Å². The van der Waals surface area contributed by atoms with Gasteiger partial charge in [-0.3, -0.25) is 15.2 Å². The van der Waals surface area contributed by atoms with Gasteiger partial charge in [-0.05, 0) is 36.4 Å². The number of halogens is 3. The fourth-order valence-corrected chi connectivity index (χ4v) is 3.09. The van der Waals surface area contributed by atoms with Crippen molar-refractivity contribution < 1.29 is 4.39 Å². The molecule has 3 aromatic rings. The summed E-state index contributed by atoms with van der Waals surface area (Å²) in [7, 11) is 0. The standard InChI is InChI=1S/C16H10Cl2FN5O/c17-9-1-4-14(12(18)5-9)24-15(25)11-6-10(19)2-3-13(11)22-16(24)23-8-20-7-21-23/h1-7H,8H2,(H,20,21). The van der Waals surface area contributed by atoms with Gasteiger partial charge in [0.2, 0.25) is 5.95 Å². The van der Waals surface area contributed by atoms with E-state index in [0.717, 1.165) is 6.07 Å². The summed E-state index contributed by atoms with van der Waals surface area (Å²) in [5.74, 6) is -0.235. The Labute approximate surface area is 151 Å². The molecule has 0 radical (unpaired) electrons. The van der Waals surface area contributed by atoms with E-state index in [9.17, 15) is 9.18 Å². The SMILES string of the molecule is O=c1c2cc(F)ccc2nc(N2CN=CN2)n1-c1ccc(Cl)cc1Cl. The fourth-order valence-electron chi connectivity index (χ4n) is 2.60. The van der Waals surface area contributed by atoms with Gasteiger partial charge in [-0.25, -0.2) is 19.0 Å². The van der Waals surface area contributed by atoms with Crippen LogP contribution in [0.1, 0.15) is 0 Å². The van der Waals surface area contributed by atoms with Crippen LogP contribution in [0.15, 0.2) is 46.2 Å². The molecule has 0 spiro atoms. The van der Waals surface area contributed by atoms with Crippen LogP contribution in [0.3, 0.4) is 0 Å². The van der Waals surface area contributed by atoms with Gasteiger partial charge in [0.25, 0.3) is 5.56 Å². The third-order valence-electron chi connectivity index (χ3n) is 3.73. The Bertz CT molecular complexity index is 1070. The molecule has 0 amide bonds. The van der Waals surface area contributed by atoms with E-state index in [2.05, 4.69) is 15.4 Å². The molecule has 126 valence electrons. The molecule has 2 aromatic carbocycles. The first-order valence-electron chi connectivity index (χ1n) is 7.24. The second-order valence-corrected chi connectivity index (χ2v) is 6.16. The average Bonchev–Trinajstić information content (AvgIpc) is 3.11. The van der Waals surface area contributed by atoms with E-state index in [-0.39, 0.29) is 23.0 Å². The lowest BCUT2D eigenvalue weighted by Crippen LogP contribution is -2.37. The molecule has 0 bridgehead atoms. The third kappa shape index (κ3) is 2.71. The first-order valence-corrected chi connectivity index (χ1v) is 8.00. The zero-order valence-corrected chi connectivity index (χ0v) is 14.1. The largest absolute Gasteiger partial charge is 0.284 e. The van der Waals surface area contributed by atoms with Crippen molar-refractivity contribution >= 4 is 46.4 Å². The molecule has 6 nitrogen and oxygen atoms in total. The van der Waals surface area contributed by atoms with Crippen molar-refractivity contribution in [3.05, 3.63) is 62.6 Å². The minimum atomic E-state index is -0.518. The number of anilines is 1. The minimum Gasteiger partial charge on any atom is -0.284 e. The van der Waals surface area contributed by atoms with Gasteiger partial charge in [-0.2, -0.15) is 0 Å². The molecule has 1 aliphatic rings. The second kappa shape index (κ2) is 6.02. The maximum Gasteiger partial charge on any atom is 0.267 e. The number of nitrogens with one attached hydrogen (secondary N) is 1. The molecule has 0 atom stereocenters. The van der Waals surface area contributed by atoms with Crippen LogP contribution in [-0.4, -0.2) is 22.6 Å². The number of benzene rings is 2. The molecule has 0 fully saturated rings. The van der Waals surface area contributed by atoms with Gasteiger partial charge in [0, 0.05) is 5.02 Å². The van der Waals surface area contributed by atoms with Crippen molar-refractivity contribution in [3.63, 3.8) is 0 Å². The van der Waals surface area contributed by atoms with Gasteiger partial charge in [0.1, 0.15) is 18.8 Å². The highest BCUT2D eigenvalue weighted by molar-refractivity contribution is 6.35. The Morgan fingerprint density at radius 2 is 2.00 bits per heavy atom. The monoisotopic (exact) mass is 377 g/mol. The molecule has 1 aromatic heterocycles. The van der Waals surface area contributed by atoms with Crippen molar-refractivity contribution in [1.29, 1.82) is 0 Å². The number of hydrogen-bond donors (Lipinski definition) is 1. The molecule has 0 saturated carbocycles. The van der Waals surface area contributed by atoms with Crippen molar-refractivity contribution in [3.8, 4) is 5.69 Å². The summed E-state index contributed by atoms with van der Waals surface area (Å²) in [5, 5.41) is 2.43. The lowest BCUT2D eigenvalue weighted by atomic mass is 10.2. The van der Waals surface area contributed by atoms with Crippen LogP contribution in [0.25, 0.3) is 16.6 Å². The van der Waals surface area contributed by atoms with E-state index in [1.165, 1.54) is 29.1 Å². The summed E-state index contributed by atoms with van der Waals surface area (Å²) >= 11 is 12.2. The maximum absolute atomic E-state index is 13.6. The van der Waals surface area contributed by atoms with Gasteiger partial charge in [-0.1, -0.05) is 23.2 Å². The number of aromatic nitrogens is 2. The molecular weight excluding hydrogens is 368 g/mol. The number of hydrazine groups is 1. The number of nitrogens with zero attached hydrogens (tertiary/aromatic N) is 4. The zero-order valence-electron chi connectivity index (χ0n) is 12.6. The topological polar surface area (TPSA) is 62.5 Å². The Morgan fingerprint density at radius 3 is 2.72 bits per heavy atom. The van der Waals surface area contributed by atoms with Crippen LogP contribution in [0, 0.1) is 5.82 Å². The number of aliphatic imine (C=N–C) groups is 1. The van der Waals surface area contributed by atoms with E-state index in [4.69, 9.17) is 23.2 Å². The van der Waals surface area contributed by atoms with E-state index in [1.54, 1.807) is 17.1 Å². The first-order chi connectivity index (χ1) is 12.0. The van der Waals surface area contributed by atoms with Crippen molar-refractivity contribution in [2.24, 2.45) is 4.99 Å². The summed E-state index contributed by atoms with van der Waals surface area (Å²) < 4.78 is 14.9. The predicted molar refractivity (Wildman–Crippen MR) is 96.3 cm³/mol. The molecule has 1 aliphatic heterocycles. The van der Waals surface area contributed by atoms with Gasteiger partial charge in [0.05, 0.1) is 21.6 Å². The Kier molecular flexibility index (Phi) is 3.82. The number of rotatable bonds is 2. The molecular formula is C16H10Cl2FN5O. The lowest BCUT2D eigenvalue weighted by Gasteiger charge is -2.21. The number of fused-ring (bicyclic) bond motifs is 1. The molecule has 4 rings (SSSR count). The Morgan fingerprint density at radius 1 is 1.16 bits per heavy atom. The van der Waals surface area contributed by atoms with Crippen molar-refractivity contribution in [1.82, 2.24) is 15.0 Å². The van der Waals surface area contributed by atoms with Crippen LogP contribution in [0.5, 0.6) is 0 Å². The maximum atomic E-state index is 13.6. The van der Waals surface area contributed by atoms with E-state index in [1.807, 2.05) is 0 Å². The molecule has 0 aliphatic carbocycles. The van der Waals surface area contributed by atoms with Crippen LogP contribution < -0.4 is 16.0 Å². The van der Waals surface area contributed by atoms with E-state index >= 15 is 0 Å². The first kappa shape index (κ1) is 15.9. The second-order valence-electron chi connectivity index (χ2n) is 5.32. The summed E-state index contributed by atoms with van der Waals surface area (Å²) in [5.41, 5.74) is 3.21. The number of hydrogen-bond acceptors (Lipinski definition) is 5. The molecule has 0 unspecified atom stereocenters. The highest BCUT2D eigenvalue weighted by Gasteiger charge is 2.21. The minimum absolute atomic E-state index is 0.148. The Hall–Kier alpha value is -2.64. The summed E-state index contributed by atoms with van der Waals surface area (Å²) in [4.78, 5) is 21.6. The summed E-state index contributed by atoms with van der Waals surface area (Å²) in [6.45, 7) is 0.268. The third-order valence-corrected chi connectivity index (χ3v) is 4.27. The fraction of sp³-hybridized carbons (Fsp3) is 0.0625. The summed E-state index contributed by atoms with van der Waals surface area (Å²) in [6.07, 6.45) is 1.49. The van der Waals surface area contributed by atoms with Crippen molar-refractivity contribution in [2.75, 3.05) is 11.7 Å². The normalized spacial score (nSPS) is 13.5. The molecule has 9 heteroatoms. The van der Waals surface area contributed by atoms with E-state index < -0.39 is 11.4 Å². The highest BCUT2D eigenvalue weighted by Crippen LogP contribution is 2.27. The molecule has 1 N–H and O–H groups in total. The predicted octanol–water partition coefficient (Wildman–Crippen LogP) is 3.14. The lowest BCUT2D eigenvalue weighted by molar-refractivity contribution is 0.629. The highest BCUT2D eigenvalue weighted by atomic mass is 35.5. The van der Waals surface area contributed by atoms with Crippen LogP contribution in [0.2, 0.25) is 10.0 Å².